The van der Waals surface area contributed by atoms with Gasteiger partial charge in [0.1, 0.15) is 10.7 Å². The van der Waals surface area contributed by atoms with Gasteiger partial charge >= 0.3 is 0 Å². The molecule has 0 aliphatic carbocycles. The molecule has 0 saturated carbocycles. The van der Waals surface area contributed by atoms with Crippen molar-refractivity contribution in [3.8, 4) is 11.3 Å². The number of thiazole rings is 1. The lowest BCUT2D eigenvalue weighted by molar-refractivity contribution is 0.101. The molecule has 30 heavy (non-hydrogen) atoms. The number of benzene rings is 3. The number of aryl methyl sites for hydroxylation is 1. The van der Waals surface area contributed by atoms with Crippen LogP contribution >= 0.6 is 11.3 Å². The van der Waals surface area contributed by atoms with E-state index in [2.05, 4.69) is 15.6 Å². The molecule has 148 valence electrons. The molecule has 0 saturated heterocycles. The summed E-state index contributed by atoms with van der Waals surface area (Å²) in [5.41, 5.74) is 3.58. The predicted molar refractivity (Wildman–Crippen MR) is 121 cm³/mol. The first kappa shape index (κ1) is 19.5. The van der Waals surface area contributed by atoms with Gasteiger partial charge in [0.2, 0.25) is 0 Å². The lowest BCUT2D eigenvalue weighted by atomic mass is 10.1. The Kier molecular flexibility index (Phi) is 5.68. The highest BCUT2D eigenvalue weighted by molar-refractivity contribution is 7.20. The van der Waals surface area contributed by atoms with Gasteiger partial charge in [0.15, 0.2) is 5.13 Å². The molecule has 0 fully saturated rings. The van der Waals surface area contributed by atoms with E-state index in [1.807, 2.05) is 73.7 Å². The minimum absolute atomic E-state index is 0.229. The van der Waals surface area contributed by atoms with Gasteiger partial charge in [-0.3, -0.25) is 14.9 Å². The average molecular weight is 414 g/mol. The predicted octanol–water partition coefficient (Wildman–Crippen LogP) is 5.62. The highest BCUT2D eigenvalue weighted by Crippen LogP contribution is 2.36. The van der Waals surface area contributed by atoms with Crippen LogP contribution in [-0.4, -0.2) is 16.8 Å². The van der Waals surface area contributed by atoms with Gasteiger partial charge in [0.25, 0.3) is 11.8 Å². The molecule has 0 aliphatic heterocycles. The van der Waals surface area contributed by atoms with E-state index >= 15 is 0 Å². The smallest absolute Gasteiger partial charge is 0.257 e. The number of hydrogen-bond donors (Lipinski definition) is 2. The molecule has 1 heterocycles. The normalized spacial score (nSPS) is 10.4. The number of carbonyl (C=O) groups excluding carboxylic acids is 2. The van der Waals surface area contributed by atoms with E-state index in [0.717, 1.165) is 11.1 Å². The number of nitrogens with one attached hydrogen (secondary N) is 2. The van der Waals surface area contributed by atoms with Crippen molar-refractivity contribution in [2.45, 2.75) is 6.92 Å². The standard InChI is InChI=1S/C24H19N3O2S/c1-16-9-8-14-19(15-16)22(29)27-24-25-20(17-10-4-2-5-11-17)23(30-24)26-21(28)18-12-6-3-7-13-18/h2-15H,1H3,(H,26,28)(H,25,27,29). The highest BCUT2D eigenvalue weighted by atomic mass is 32.1. The third kappa shape index (κ3) is 4.45. The number of nitrogens with zero attached hydrogens (tertiary/aromatic N) is 1. The second-order valence-electron chi connectivity index (χ2n) is 6.71. The third-order valence-corrected chi connectivity index (χ3v) is 5.32. The lowest BCUT2D eigenvalue weighted by Crippen LogP contribution is -2.11. The van der Waals surface area contributed by atoms with E-state index in [-0.39, 0.29) is 11.8 Å². The van der Waals surface area contributed by atoms with Crippen LogP contribution in [0.1, 0.15) is 26.3 Å². The molecule has 4 rings (SSSR count). The summed E-state index contributed by atoms with van der Waals surface area (Å²) >= 11 is 1.23. The molecular formula is C24H19N3O2S. The summed E-state index contributed by atoms with van der Waals surface area (Å²) in [7, 11) is 0. The molecule has 1 aromatic heterocycles. The fraction of sp³-hybridized carbons (Fsp3) is 0.0417. The van der Waals surface area contributed by atoms with Crippen molar-refractivity contribution in [1.82, 2.24) is 4.98 Å². The van der Waals surface area contributed by atoms with Crippen LogP contribution in [-0.2, 0) is 0 Å². The first-order valence-electron chi connectivity index (χ1n) is 9.41. The van der Waals surface area contributed by atoms with Crippen molar-refractivity contribution in [3.05, 3.63) is 102 Å². The number of anilines is 2. The van der Waals surface area contributed by atoms with E-state index in [4.69, 9.17) is 0 Å². The van der Waals surface area contributed by atoms with Crippen molar-refractivity contribution in [2.75, 3.05) is 10.6 Å². The summed E-state index contributed by atoms with van der Waals surface area (Å²) < 4.78 is 0. The zero-order chi connectivity index (χ0) is 20.9. The van der Waals surface area contributed by atoms with E-state index in [0.29, 0.717) is 27.0 Å². The van der Waals surface area contributed by atoms with Crippen LogP contribution in [0.25, 0.3) is 11.3 Å². The number of carbonyl (C=O) groups is 2. The summed E-state index contributed by atoms with van der Waals surface area (Å²) in [6, 6.07) is 25.9. The molecule has 0 bridgehead atoms. The largest absolute Gasteiger partial charge is 0.312 e. The van der Waals surface area contributed by atoms with Crippen LogP contribution in [0.3, 0.4) is 0 Å². The Labute approximate surface area is 178 Å². The highest BCUT2D eigenvalue weighted by Gasteiger charge is 2.18. The maximum atomic E-state index is 12.7. The Morgan fingerprint density at radius 3 is 2.10 bits per heavy atom. The monoisotopic (exact) mass is 413 g/mol. The third-order valence-electron chi connectivity index (χ3n) is 4.44. The SMILES string of the molecule is Cc1cccc(C(=O)Nc2nc(-c3ccccc3)c(NC(=O)c3ccccc3)s2)c1. The second-order valence-corrected chi connectivity index (χ2v) is 7.71. The minimum atomic E-state index is -0.243. The Hall–Kier alpha value is -3.77. The lowest BCUT2D eigenvalue weighted by Gasteiger charge is -2.05. The molecule has 6 heteroatoms. The molecule has 0 radical (unpaired) electrons. The molecule has 2 amide bonds. The van der Waals surface area contributed by atoms with Gasteiger partial charge in [-0.05, 0) is 31.2 Å². The molecule has 2 N–H and O–H groups in total. The number of amides is 2. The molecule has 5 nitrogen and oxygen atoms in total. The van der Waals surface area contributed by atoms with E-state index in [1.54, 1.807) is 18.2 Å². The van der Waals surface area contributed by atoms with Crippen molar-refractivity contribution in [2.24, 2.45) is 0 Å². The summed E-state index contributed by atoms with van der Waals surface area (Å²) in [4.78, 5) is 29.9. The molecular weight excluding hydrogens is 394 g/mol. The minimum Gasteiger partial charge on any atom is -0.312 e. The first-order chi connectivity index (χ1) is 14.6. The molecule has 3 aromatic carbocycles. The summed E-state index contributed by atoms with van der Waals surface area (Å²) in [5, 5.41) is 6.78. The van der Waals surface area contributed by atoms with Crippen LogP contribution in [0.5, 0.6) is 0 Å². The van der Waals surface area contributed by atoms with Crippen LogP contribution in [0.4, 0.5) is 10.1 Å². The van der Waals surface area contributed by atoms with Crippen LogP contribution < -0.4 is 10.6 Å². The van der Waals surface area contributed by atoms with E-state index in [9.17, 15) is 9.59 Å². The van der Waals surface area contributed by atoms with Crippen molar-refractivity contribution >= 4 is 33.3 Å². The molecule has 0 unspecified atom stereocenters. The van der Waals surface area contributed by atoms with Gasteiger partial charge < -0.3 is 5.32 Å². The number of aromatic nitrogens is 1. The molecule has 4 aromatic rings. The topological polar surface area (TPSA) is 71.1 Å². The quantitative estimate of drug-likeness (QED) is 0.446. The first-order valence-corrected chi connectivity index (χ1v) is 10.2. The zero-order valence-corrected chi connectivity index (χ0v) is 17.1. The summed E-state index contributed by atoms with van der Waals surface area (Å²) in [5.74, 6) is -0.471. The van der Waals surface area contributed by atoms with Crippen molar-refractivity contribution < 1.29 is 9.59 Å². The van der Waals surface area contributed by atoms with Crippen molar-refractivity contribution in [1.29, 1.82) is 0 Å². The Morgan fingerprint density at radius 2 is 1.40 bits per heavy atom. The summed E-state index contributed by atoms with van der Waals surface area (Å²) in [6.45, 7) is 1.94. The van der Waals surface area contributed by atoms with Gasteiger partial charge in [0.05, 0.1) is 0 Å². The zero-order valence-electron chi connectivity index (χ0n) is 16.3. The molecule has 0 spiro atoms. The van der Waals surface area contributed by atoms with Gasteiger partial charge in [-0.1, -0.05) is 77.6 Å². The van der Waals surface area contributed by atoms with Gasteiger partial charge in [-0.15, -0.1) is 0 Å². The maximum Gasteiger partial charge on any atom is 0.257 e. The van der Waals surface area contributed by atoms with Crippen LogP contribution in [0.15, 0.2) is 84.9 Å². The second kappa shape index (κ2) is 8.71. The van der Waals surface area contributed by atoms with E-state index < -0.39 is 0 Å². The van der Waals surface area contributed by atoms with Gasteiger partial charge in [-0.25, -0.2) is 4.98 Å². The average Bonchev–Trinajstić information content (AvgIpc) is 3.17. The van der Waals surface area contributed by atoms with Gasteiger partial charge in [-0.2, -0.15) is 0 Å². The molecule has 0 aliphatic rings. The Bertz CT molecular complexity index is 1190. The molecule has 0 atom stereocenters. The van der Waals surface area contributed by atoms with Crippen molar-refractivity contribution in [3.63, 3.8) is 0 Å². The Balaban J connectivity index is 1.64. The van der Waals surface area contributed by atoms with Gasteiger partial charge in [0, 0.05) is 16.7 Å². The van der Waals surface area contributed by atoms with Crippen LogP contribution in [0, 0.1) is 6.92 Å². The van der Waals surface area contributed by atoms with Crippen LogP contribution in [0.2, 0.25) is 0 Å². The maximum absolute atomic E-state index is 12.7. The number of rotatable bonds is 5. The Morgan fingerprint density at radius 1 is 0.767 bits per heavy atom. The summed E-state index contributed by atoms with van der Waals surface area (Å²) in [6.07, 6.45) is 0. The number of hydrogen-bond acceptors (Lipinski definition) is 4. The fourth-order valence-electron chi connectivity index (χ4n) is 2.97. The van der Waals surface area contributed by atoms with E-state index in [1.165, 1.54) is 11.3 Å². The fourth-order valence-corrected chi connectivity index (χ4v) is 3.85.